The normalized spacial score (nSPS) is 12.2. The first-order chi connectivity index (χ1) is 14.8. The highest BCUT2D eigenvalue weighted by Crippen LogP contribution is 2.23. The largest absolute Gasteiger partial charge is 0.332 e. The Morgan fingerprint density at radius 3 is 1.68 bits per heavy atom. The molecule has 0 aliphatic carbocycles. The van der Waals surface area contributed by atoms with Crippen LogP contribution in [0.5, 0.6) is 0 Å². The summed E-state index contributed by atoms with van der Waals surface area (Å²) in [6.07, 6.45) is 1.13. The number of rotatable bonds is 8. The lowest BCUT2D eigenvalue weighted by atomic mass is 10.1. The highest BCUT2D eigenvalue weighted by Gasteiger charge is 2.32. The molecule has 0 heterocycles. The number of anilines is 1. The molecular formula is C25H28N2O3S. The second-order valence-corrected chi connectivity index (χ2v) is 9.60. The van der Waals surface area contributed by atoms with Gasteiger partial charge in [0, 0.05) is 13.1 Å². The fourth-order valence-electron chi connectivity index (χ4n) is 3.58. The van der Waals surface area contributed by atoms with Gasteiger partial charge in [-0.25, -0.2) is 8.42 Å². The Labute approximate surface area is 185 Å². The summed E-state index contributed by atoms with van der Waals surface area (Å²) in [6.45, 7) is 4.37. The number of carbonyl (C=O) groups excluding carboxylic acids is 1. The molecule has 0 saturated heterocycles. The predicted octanol–water partition coefficient (Wildman–Crippen LogP) is 4.38. The fourth-order valence-corrected chi connectivity index (χ4v) is 4.75. The van der Waals surface area contributed by atoms with Crippen molar-refractivity contribution in [2.24, 2.45) is 0 Å². The molecule has 3 rings (SSSR count). The number of amides is 1. The van der Waals surface area contributed by atoms with Crippen molar-refractivity contribution in [2.45, 2.75) is 33.0 Å². The fraction of sp³-hybridized carbons (Fsp3) is 0.240. The Kier molecular flexibility index (Phi) is 7.13. The lowest BCUT2D eigenvalue weighted by molar-refractivity contribution is -0.133. The minimum atomic E-state index is -3.67. The summed E-state index contributed by atoms with van der Waals surface area (Å²) in [5.74, 6) is -0.251. The van der Waals surface area contributed by atoms with Crippen LogP contribution in [0.2, 0.25) is 0 Å². The highest BCUT2D eigenvalue weighted by molar-refractivity contribution is 7.92. The number of hydrogen-bond donors (Lipinski definition) is 0. The molecule has 1 atom stereocenters. The zero-order valence-corrected chi connectivity index (χ0v) is 18.9. The minimum Gasteiger partial charge on any atom is -0.332 e. The average Bonchev–Trinajstić information content (AvgIpc) is 2.75. The van der Waals surface area contributed by atoms with Crippen molar-refractivity contribution in [2.75, 3.05) is 10.6 Å². The Morgan fingerprint density at radius 1 is 0.806 bits per heavy atom. The highest BCUT2D eigenvalue weighted by atomic mass is 32.2. The maximum atomic E-state index is 13.6. The number of hydrogen-bond acceptors (Lipinski definition) is 3. The molecule has 31 heavy (non-hydrogen) atoms. The van der Waals surface area contributed by atoms with Gasteiger partial charge in [-0.15, -0.1) is 0 Å². The molecule has 0 radical (unpaired) electrons. The van der Waals surface area contributed by atoms with Gasteiger partial charge < -0.3 is 4.90 Å². The van der Waals surface area contributed by atoms with Crippen molar-refractivity contribution in [3.8, 4) is 0 Å². The van der Waals surface area contributed by atoms with Crippen molar-refractivity contribution in [1.29, 1.82) is 0 Å². The van der Waals surface area contributed by atoms with Crippen LogP contribution >= 0.6 is 0 Å². The first-order valence-electron chi connectivity index (χ1n) is 10.2. The van der Waals surface area contributed by atoms with E-state index in [1.54, 1.807) is 24.0 Å². The molecule has 3 aromatic carbocycles. The smallest absolute Gasteiger partial charge is 0.246 e. The summed E-state index contributed by atoms with van der Waals surface area (Å²) in [5.41, 5.74) is 3.47. The number of benzene rings is 3. The third-order valence-electron chi connectivity index (χ3n) is 5.10. The third-order valence-corrected chi connectivity index (χ3v) is 6.34. The number of carbonyl (C=O) groups is 1. The molecule has 0 saturated carbocycles. The number of sulfonamides is 1. The molecule has 0 N–H and O–H groups in total. The molecule has 0 unspecified atom stereocenters. The summed E-state index contributed by atoms with van der Waals surface area (Å²) in [6, 6.07) is 25.7. The van der Waals surface area contributed by atoms with Crippen molar-refractivity contribution in [3.63, 3.8) is 0 Å². The van der Waals surface area contributed by atoms with E-state index in [4.69, 9.17) is 0 Å². The minimum absolute atomic E-state index is 0.251. The van der Waals surface area contributed by atoms with E-state index in [2.05, 4.69) is 0 Å². The van der Waals surface area contributed by atoms with Gasteiger partial charge in [0.15, 0.2) is 0 Å². The monoisotopic (exact) mass is 436 g/mol. The van der Waals surface area contributed by atoms with Gasteiger partial charge in [0.1, 0.15) is 6.04 Å². The maximum absolute atomic E-state index is 13.6. The lowest BCUT2D eigenvalue weighted by Gasteiger charge is -2.33. The van der Waals surface area contributed by atoms with E-state index >= 15 is 0 Å². The second-order valence-electron chi connectivity index (χ2n) is 7.74. The van der Waals surface area contributed by atoms with Crippen molar-refractivity contribution in [3.05, 3.63) is 102 Å². The zero-order valence-electron chi connectivity index (χ0n) is 18.1. The van der Waals surface area contributed by atoms with E-state index in [1.807, 2.05) is 79.7 Å². The van der Waals surface area contributed by atoms with Crippen LogP contribution in [-0.4, -0.2) is 31.5 Å². The lowest BCUT2D eigenvalue weighted by Crippen LogP contribution is -2.49. The van der Waals surface area contributed by atoms with Gasteiger partial charge in [0.25, 0.3) is 0 Å². The van der Waals surface area contributed by atoms with Gasteiger partial charge in [0.2, 0.25) is 15.9 Å². The van der Waals surface area contributed by atoms with Crippen molar-refractivity contribution < 1.29 is 13.2 Å². The first kappa shape index (κ1) is 22.6. The topological polar surface area (TPSA) is 57.7 Å². The quantitative estimate of drug-likeness (QED) is 0.527. The van der Waals surface area contributed by atoms with E-state index < -0.39 is 16.1 Å². The van der Waals surface area contributed by atoms with Gasteiger partial charge in [-0.2, -0.15) is 0 Å². The molecule has 5 nitrogen and oxygen atoms in total. The Balaban J connectivity index is 1.94. The van der Waals surface area contributed by atoms with E-state index in [-0.39, 0.29) is 5.91 Å². The number of aryl methyl sites for hydroxylation is 1. The van der Waals surface area contributed by atoms with Gasteiger partial charge in [-0.05, 0) is 37.1 Å². The standard InChI is InChI=1S/C25H28N2O3S/c1-20-14-16-24(17-15-20)27(31(3,29)30)21(2)25(28)26(18-22-10-6-4-7-11-22)19-23-12-8-5-9-13-23/h4-17,21H,18-19H2,1-3H3/t21-/m0/s1. The molecule has 6 heteroatoms. The summed E-state index contributed by atoms with van der Waals surface area (Å²) < 4.78 is 26.5. The second kappa shape index (κ2) is 9.79. The van der Waals surface area contributed by atoms with Crippen LogP contribution in [0.25, 0.3) is 0 Å². The van der Waals surface area contributed by atoms with Crippen LogP contribution < -0.4 is 4.31 Å². The first-order valence-corrected chi connectivity index (χ1v) is 12.0. The van der Waals surface area contributed by atoms with Crippen LogP contribution in [0.3, 0.4) is 0 Å². The molecule has 0 aromatic heterocycles. The molecule has 162 valence electrons. The molecule has 0 bridgehead atoms. The molecule has 1 amide bonds. The van der Waals surface area contributed by atoms with Crippen LogP contribution in [0, 0.1) is 6.92 Å². The van der Waals surface area contributed by atoms with Crippen LogP contribution in [0.15, 0.2) is 84.9 Å². The molecule has 3 aromatic rings. The Hall–Kier alpha value is -3.12. The summed E-state index contributed by atoms with van der Waals surface area (Å²) in [4.78, 5) is 15.3. The van der Waals surface area contributed by atoms with Crippen molar-refractivity contribution >= 4 is 21.6 Å². The molecular weight excluding hydrogens is 408 g/mol. The maximum Gasteiger partial charge on any atom is 0.246 e. The molecule has 0 spiro atoms. The van der Waals surface area contributed by atoms with Gasteiger partial charge in [-0.1, -0.05) is 78.4 Å². The number of nitrogens with zero attached hydrogens (tertiary/aromatic N) is 2. The van der Waals surface area contributed by atoms with Gasteiger partial charge in [0.05, 0.1) is 11.9 Å². The van der Waals surface area contributed by atoms with E-state index in [9.17, 15) is 13.2 Å². The zero-order chi connectivity index (χ0) is 22.4. The summed E-state index contributed by atoms with van der Waals surface area (Å²) in [7, 11) is -3.67. The summed E-state index contributed by atoms with van der Waals surface area (Å²) in [5, 5.41) is 0. The predicted molar refractivity (Wildman–Crippen MR) is 125 cm³/mol. The molecule has 0 fully saturated rings. The van der Waals surface area contributed by atoms with Crippen LogP contribution in [0.4, 0.5) is 5.69 Å². The molecule has 0 aliphatic rings. The van der Waals surface area contributed by atoms with E-state index in [0.717, 1.165) is 22.9 Å². The van der Waals surface area contributed by atoms with Gasteiger partial charge >= 0.3 is 0 Å². The van der Waals surface area contributed by atoms with Crippen LogP contribution in [0.1, 0.15) is 23.6 Å². The Bertz CT molecular complexity index is 1060. The van der Waals surface area contributed by atoms with Gasteiger partial charge in [-0.3, -0.25) is 9.10 Å². The van der Waals surface area contributed by atoms with E-state index in [1.165, 1.54) is 4.31 Å². The van der Waals surface area contributed by atoms with E-state index in [0.29, 0.717) is 18.8 Å². The van der Waals surface area contributed by atoms with Crippen molar-refractivity contribution in [1.82, 2.24) is 4.90 Å². The summed E-state index contributed by atoms with van der Waals surface area (Å²) >= 11 is 0. The average molecular weight is 437 g/mol. The SMILES string of the molecule is Cc1ccc(N([C@@H](C)C(=O)N(Cc2ccccc2)Cc2ccccc2)S(C)(=O)=O)cc1. The third kappa shape index (κ3) is 5.95. The Morgan fingerprint density at radius 2 is 1.26 bits per heavy atom. The van der Waals surface area contributed by atoms with Crippen LogP contribution in [-0.2, 0) is 27.9 Å². The molecule has 0 aliphatic heterocycles.